The third-order valence-electron chi connectivity index (χ3n) is 3.84. The highest BCUT2D eigenvalue weighted by molar-refractivity contribution is 7.98. The maximum Gasteiger partial charge on any atom is 0.253 e. The van der Waals surface area contributed by atoms with Gasteiger partial charge in [-0.1, -0.05) is 29.8 Å². The van der Waals surface area contributed by atoms with Crippen LogP contribution in [-0.2, 0) is 4.79 Å². The Balaban J connectivity index is 2.13. The first kappa shape index (κ1) is 20.3. The molecule has 2 N–H and O–H groups in total. The molecule has 2 aromatic rings. The van der Waals surface area contributed by atoms with Crippen molar-refractivity contribution < 1.29 is 9.59 Å². The van der Waals surface area contributed by atoms with Crippen molar-refractivity contribution in [1.29, 1.82) is 0 Å². The molecular weight excluding hydrogens is 368 g/mol. The quantitative estimate of drug-likeness (QED) is 0.734. The molecule has 0 radical (unpaired) electrons. The highest BCUT2D eigenvalue weighted by atomic mass is 35.5. The van der Waals surface area contributed by atoms with Crippen molar-refractivity contribution in [2.24, 2.45) is 0 Å². The Morgan fingerprint density at radius 1 is 1.12 bits per heavy atom. The normalized spacial score (nSPS) is 11.7. The molecule has 26 heavy (non-hydrogen) atoms. The number of thioether (sulfide) groups is 1. The number of benzene rings is 2. The number of anilines is 1. The number of carbonyl (C=O) groups is 2. The second kappa shape index (κ2) is 9.64. The summed E-state index contributed by atoms with van der Waals surface area (Å²) in [5.74, 6) is 0.176. The Morgan fingerprint density at radius 2 is 1.77 bits per heavy atom. The average Bonchev–Trinajstić information content (AvgIpc) is 2.57. The molecule has 0 aliphatic carbocycles. The lowest BCUT2D eigenvalue weighted by Gasteiger charge is -2.19. The number of rotatable bonds is 7. The van der Waals surface area contributed by atoms with Crippen molar-refractivity contribution in [1.82, 2.24) is 5.32 Å². The third-order valence-corrected chi connectivity index (χ3v) is 4.81. The number of aryl methyl sites for hydroxylation is 2. The number of hydrogen-bond acceptors (Lipinski definition) is 3. The summed E-state index contributed by atoms with van der Waals surface area (Å²) in [4.78, 5) is 25.2. The summed E-state index contributed by atoms with van der Waals surface area (Å²) in [6.45, 7) is 3.96. The van der Waals surface area contributed by atoms with E-state index < -0.39 is 6.04 Å². The SMILES string of the molecule is CSCC[C@@H](NC(=O)c1ccccc1Cl)C(=O)Nc1cc(C)cc(C)c1. The molecule has 1 atom stereocenters. The van der Waals surface area contributed by atoms with Gasteiger partial charge in [0.2, 0.25) is 5.91 Å². The van der Waals surface area contributed by atoms with Gasteiger partial charge in [-0.15, -0.1) is 0 Å². The Bertz CT molecular complexity index is 775. The second-order valence-electron chi connectivity index (χ2n) is 6.15. The first-order valence-corrected chi connectivity index (χ1v) is 10.1. The van der Waals surface area contributed by atoms with Crippen molar-refractivity contribution in [3.8, 4) is 0 Å². The van der Waals surface area contributed by atoms with Gasteiger partial charge in [-0.05, 0) is 67.7 Å². The number of halogens is 1. The molecule has 0 saturated heterocycles. The molecule has 2 amide bonds. The van der Waals surface area contributed by atoms with Gasteiger partial charge in [0, 0.05) is 5.69 Å². The Morgan fingerprint density at radius 3 is 2.38 bits per heavy atom. The summed E-state index contributed by atoms with van der Waals surface area (Å²) in [5.41, 5.74) is 3.23. The topological polar surface area (TPSA) is 58.2 Å². The molecule has 0 aliphatic rings. The Labute approximate surface area is 163 Å². The highest BCUT2D eigenvalue weighted by Crippen LogP contribution is 2.17. The lowest BCUT2D eigenvalue weighted by Crippen LogP contribution is -2.44. The van der Waals surface area contributed by atoms with E-state index >= 15 is 0 Å². The summed E-state index contributed by atoms with van der Waals surface area (Å²) in [5, 5.41) is 6.08. The van der Waals surface area contributed by atoms with Gasteiger partial charge in [-0.3, -0.25) is 9.59 Å². The molecule has 0 bridgehead atoms. The zero-order chi connectivity index (χ0) is 19.1. The maximum absolute atomic E-state index is 12.7. The van der Waals surface area contributed by atoms with Gasteiger partial charge in [0.05, 0.1) is 10.6 Å². The monoisotopic (exact) mass is 390 g/mol. The molecule has 0 spiro atoms. The summed E-state index contributed by atoms with van der Waals surface area (Å²) >= 11 is 7.71. The van der Waals surface area contributed by atoms with Crippen LogP contribution in [0.25, 0.3) is 0 Å². The second-order valence-corrected chi connectivity index (χ2v) is 7.55. The third kappa shape index (κ3) is 5.78. The van der Waals surface area contributed by atoms with Crippen LogP contribution in [0.2, 0.25) is 5.02 Å². The molecule has 0 fully saturated rings. The molecule has 0 heterocycles. The van der Waals surface area contributed by atoms with Crippen LogP contribution in [0.4, 0.5) is 5.69 Å². The van der Waals surface area contributed by atoms with Crippen LogP contribution >= 0.6 is 23.4 Å². The van der Waals surface area contributed by atoms with Gasteiger partial charge in [-0.25, -0.2) is 0 Å². The minimum absolute atomic E-state index is 0.232. The van der Waals surface area contributed by atoms with E-state index in [1.165, 1.54) is 0 Å². The predicted octanol–water partition coefficient (Wildman–Crippen LogP) is 4.45. The molecule has 4 nitrogen and oxygen atoms in total. The zero-order valence-electron chi connectivity index (χ0n) is 15.1. The number of hydrogen-bond donors (Lipinski definition) is 2. The van der Waals surface area contributed by atoms with Crippen molar-refractivity contribution in [2.45, 2.75) is 26.3 Å². The minimum Gasteiger partial charge on any atom is -0.340 e. The van der Waals surface area contributed by atoms with Crippen molar-refractivity contribution in [2.75, 3.05) is 17.3 Å². The highest BCUT2D eigenvalue weighted by Gasteiger charge is 2.22. The van der Waals surface area contributed by atoms with Crippen LogP contribution in [0, 0.1) is 13.8 Å². The molecule has 0 saturated carbocycles. The largest absolute Gasteiger partial charge is 0.340 e. The molecule has 2 rings (SSSR count). The molecule has 0 aliphatic heterocycles. The van der Waals surface area contributed by atoms with Gasteiger partial charge in [-0.2, -0.15) is 11.8 Å². The number of amides is 2. The van der Waals surface area contributed by atoms with Crippen molar-refractivity contribution >= 4 is 40.9 Å². The smallest absolute Gasteiger partial charge is 0.253 e. The average molecular weight is 391 g/mol. The molecule has 0 unspecified atom stereocenters. The van der Waals surface area contributed by atoms with E-state index in [0.717, 1.165) is 22.6 Å². The Kier molecular flexibility index (Phi) is 7.54. The first-order chi connectivity index (χ1) is 12.4. The van der Waals surface area contributed by atoms with Gasteiger partial charge in [0.25, 0.3) is 5.91 Å². The van der Waals surface area contributed by atoms with Crippen LogP contribution in [0.5, 0.6) is 0 Å². The predicted molar refractivity (Wildman–Crippen MR) is 110 cm³/mol. The molecule has 0 aromatic heterocycles. The van der Waals surface area contributed by atoms with Gasteiger partial charge < -0.3 is 10.6 Å². The zero-order valence-corrected chi connectivity index (χ0v) is 16.7. The summed E-state index contributed by atoms with van der Waals surface area (Å²) in [6.07, 6.45) is 2.50. The van der Waals surface area contributed by atoms with E-state index in [4.69, 9.17) is 11.6 Å². The van der Waals surface area contributed by atoms with E-state index in [1.807, 2.05) is 38.3 Å². The number of carbonyl (C=O) groups excluding carboxylic acids is 2. The van der Waals surface area contributed by atoms with E-state index in [9.17, 15) is 9.59 Å². The van der Waals surface area contributed by atoms with Crippen LogP contribution in [0.15, 0.2) is 42.5 Å². The maximum atomic E-state index is 12.7. The fourth-order valence-electron chi connectivity index (χ4n) is 2.66. The van der Waals surface area contributed by atoms with E-state index in [0.29, 0.717) is 17.0 Å². The first-order valence-electron chi connectivity index (χ1n) is 8.34. The van der Waals surface area contributed by atoms with E-state index in [1.54, 1.807) is 36.0 Å². The lowest BCUT2D eigenvalue weighted by atomic mass is 10.1. The van der Waals surface area contributed by atoms with Crippen molar-refractivity contribution in [3.63, 3.8) is 0 Å². The van der Waals surface area contributed by atoms with Crippen LogP contribution in [-0.4, -0.2) is 29.9 Å². The van der Waals surface area contributed by atoms with E-state index in [-0.39, 0.29) is 11.8 Å². The fourth-order valence-corrected chi connectivity index (χ4v) is 3.36. The summed E-state index contributed by atoms with van der Waals surface area (Å²) in [7, 11) is 0. The minimum atomic E-state index is -0.632. The van der Waals surface area contributed by atoms with Gasteiger partial charge in [0.1, 0.15) is 6.04 Å². The molecule has 138 valence electrons. The fraction of sp³-hybridized carbons (Fsp3) is 0.300. The van der Waals surface area contributed by atoms with Gasteiger partial charge in [0.15, 0.2) is 0 Å². The standard InChI is InChI=1S/C20H23ClN2O2S/c1-13-10-14(2)12-15(11-13)22-20(25)18(8-9-26-3)23-19(24)16-6-4-5-7-17(16)21/h4-7,10-12,18H,8-9H2,1-3H3,(H,22,25)(H,23,24)/t18-/m1/s1. The molecule has 2 aromatic carbocycles. The van der Waals surface area contributed by atoms with Crippen LogP contribution in [0.1, 0.15) is 27.9 Å². The van der Waals surface area contributed by atoms with Crippen LogP contribution in [0.3, 0.4) is 0 Å². The molecule has 6 heteroatoms. The molecular formula is C20H23ClN2O2S. The lowest BCUT2D eigenvalue weighted by molar-refractivity contribution is -0.118. The van der Waals surface area contributed by atoms with Crippen LogP contribution < -0.4 is 10.6 Å². The Hall–Kier alpha value is -1.98. The summed E-state index contributed by atoms with van der Waals surface area (Å²) in [6, 6.07) is 12.0. The number of nitrogens with one attached hydrogen (secondary N) is 2. The van der Waals surface area contributed by atoms with Gasteiger partial charge >= 0.3 is 0 Å². The van der Waals surface area contributed by atoms with E-state index in [2.05, 4.69) is 10.6 Å². The summed E-state index contributed by atoms with van der Waals surface area (Å²) < 4.78 is 0. The van der Waals surface area contributed by atoms with Crippen molar-refractivity contribution in [3.05, 3.63) is 64.2 Å².